The average molecular weight is 292 g/mol. The Bertz CT molecular complexity index is 504. The first-order chi connectivity index (χ1) is 8.36. The molecule has 0 fully saturated rings. The molecule has 0 bridgehead atoms. The largest absolute Gasteiger partial charge is 0.279 e. The van der Waals surface area contributed by atoms with Crippen LogP contribution in [0.5, 0.6) is 0 Å². The number of rotatable bonds is 6. The van der Waals surface area contributed by atoms with E-state index in [1.807, 2.05) is 6.26 Å². The van der Waals surface area contributed by atoms with Crippen molar-refractivity contribution in [1.82, 2.24) is 9.03 Å². The van der Waals surface area contributed by atoms with E-state index in [9.17, 15) is 12.8 Å². The number of nitrogens with zero attached hydrogens (tertiary/aromatic N) is 1. The first-order valence-electron chi connectivity index (χ1n) is 5.30. The molecule has 0 unspecified atom stereocenters. The molecule has 0 aliphatic rings. The molecule has 0 spiro atoms. The van der Waals surface area contributed by atoms with E-state index in [4.69, 9.17) is 0 Å². The Balaban J connectivity index is 2.85. The monoisotopic (exact) mass is 292 g/mol. The fourth-order valence-electron chi connectivity index (χ4n) is 1.35. The fraction of sp³-hybridized carbons (Fsp3) is 0.455. The van der Waals surface area contributed by atoms with Crippen LogP contribution in [0.2, 0.25) is 0 Å². The topological polar surface area (TPSA) is 49.4 Å². The van der Waals surface area contributed by atoms with Crippen LogP contribution in [0.3, 0.4) is 0 Å². The van der Waals surface area contributed by atoms with Crippen molar-refractivity contribution in [3.8, 4) is 0 Å². The Morgan fingerprint density at radius 1 is 1.33 bits per heavy atom. The van der Waals surface area contributed by atoms with Gasteiger partial charge in [0.05, 0.1) is 0 Å². The molecule has 18 heavy (non-hydrogen) atoms. The molecule has 0 atom stereocenters. The standard InChI is InChI=1S/C11H17FN2O2S2/c1-14(2)18(15,16)13-7-9-4-5-11(12)6-10(9)8-17-3/h4-6,13H,7-8H2,1-3H3. The molecule has 0 aliphatic carbocycles. The minimum atomic E-state index is -3.46. The summed E-state index contributed by atoms with van der Waals surface area (Å²) in [6, 6.07) is 4.39. The number of thioether (sulfide) groups is 1. The van der Waals surface area contributed by atoms with Crippen LogP contribution in [0.25, 0.3) is 0 Å². The van der Waals surface area contributed by atoms with Gasteiger partial charge in [0.1, 0.15) is 5.82 Å². The van der Waals surface area contributed by atoms with Crippen LogP contribution in [-0.4, -0.2) is 33.1 Å². The van der Waals surface area contributed by atoms with Gasteiger partial charge >= 0.3 is 0 Å². The molecule has 4 nitrogen and oxygen atoms in total. The summed E-state index contributed by atoms with van der Waals surface area (Å²) in [5, 5.41) is 0. The second-order valence-electron chi connectivity index (χ2n) is 3.95. The Hall–Kier alpha value is -0.630. The third-order valence-electron chi connectivity index (χ3n) is 2.39. The van der Waals surface area contributed by atoms with Crippen molar-refractivity contribution in [3.63, 3.8) is 0 Å². The number of hydrogen-bond donors (Lipinski definition) is 1. The molecule has 0 radical (unpaired) electrons. The second kappa shape index (κ2) is 6.51. The minimum absolute atomic E-state index is 0.163. The van der Waals surface area contributed by atoms with Crippen molar-refractivity contribution >= 4 is 22.0 Å². The van der Waals surface area contributed by atoms with Gasteiger partial charge in [-0.3, -0.25) is 0 Å². The third kappa shape index (κ3) is 4.24. The zero-order valence-corrected chi connectivity index (χ0v) is 12.2. The van der Waals surface area contributed by atoms with Crippen molar-refractivity contribution < 1.29 is 12.8 Å². The number of hydrogen-bond acceptors (Lipinski definition) is 3. The molecule has 0 saturated heterocycles. The van der Waals surface area contributed by atoms with E-state index < -0.39 is 10.2 Å². The van der Waals surface area contributed by atoms with E-state index in [-0.39, 0.29) is 12.4 Å². The van der Waals surface area contributed by atoms with E-state index in [1.54, 1.807) is 17.8 Å². The summed E-state index contributed by atoms with van der Waals surface area (Å²) in [6.45, 7) is 0.163. The second-order valence-corrected chi connectivity index (χ2v) is 6.79. The fourth-order valence-corrected chi connectivity index (χ4v) is 2.53. The zero-order chi connectivity index (χ0) is 13.8. The summed E-state index contributed by atoms with van der Waals surface area (Å²) in [6.07, 6.45) is 1.92. The lowest BCUT2D eigenvalue weighted by Gasteiger charge is -2.14. The molecular weight excluding hydrogens is 275 g/mol. The predicted octanol–water partition coefficient (Wildman–Crippen LogP) is 1.58. The van der Waals surface area contributed by atoms with Gasteiger partial charge in [-0.15, -0.1) is 0 Å². The molecule has 0 amide bonds. The quantitative estimate of drug-likeness (QED) is 0.866. The van der Waals surface area contributed by atoms with Crippen LogP contribution in [0.4, 0.5) is 4.39 Å². The van der Waals surface area contributed by atoms with E-state index >= 15 is 0 Å². The summed E-state index contributed by atoms with van der Waals surface area (Å²) in [7, 11) is -0.547. The highest BCUT2D eigenvalue weighted by molar-refractivity contribution is 7.97. The van der Waals surface area contributed by atoms with Crippen LogP contribution in [0, 0.1) is 5.82 Å². The molecule has 0 saturated carbocycles. The lowest BCUT2D eigenvalue weighted by atomic mass is 10.1. The molecule has 1 rings (SSSR count). The van der Waals surface area contributed by atoms with Crippen LogP contribution < -0.4 is 4.72 Å². The molecule has 1 aromatic rings. The van der Waals surface area contributed by atoms with Gasteiger partial charge in [0.2, 0.25) is 0 Å². The predicted molar refractivity (Wildman–Crippen MR) is 73.1 cm³/mol. The average Bonchev–Trinajstić information content (AvgIpc) is 2.28. The molecule has 102 valence electrons. The molecule has 1 N–H and O–H groups in total. The molecule has 0 aliphatic heterocycles. The van der Waals surface area contributed by atoms with Crippen molar-refractivity contribution in [3.05, 3.63) is 35.1 Å². The summed E-state index contributed by atoms with van der Waals surface area (Å²) < 4.78 is 39.8. The SMILES string of the molecule is CSCc1cc(F)ccc1CNS(=O)(=O)N(C)C. The molecule has 0 aromatic heterocycles. The highest BCUT2D eigenvalue weighted by atomic mass is 32.2. The molecule has 1 aromatic carbocycles. The lowest BCUT2D eigenvalue weighted by molar-refractivity contribution is 0.505. The van der Waals surface area contributed by atoms with Crippen molar-refractivity contribution in [2.24, 2.45) is 0 Å². The highest BCUT2D eigenvalue weighted by Gasteiger charge is 2.13. The normalized spacial score (nSPS) is 12.1. The maximum atomic E-state index is 13.1. The van der Waals surface area contributed by atoms with Crippen LogP contribution in [0.1, 0.15) is 11.1 Å². The van der Waals surface area contributed by atoms with Crippen LogP contribution in [-0.2, 0) is 22.5 Å². The van der Waals surface area contributed by atoms with Gasteiger partial charge in [-0.25, -0.2) is 4.39 Å². The van der Waals surface area contributed by atoms with Gasteiger partial charge in [0, 0.05) is 26.4 Å². The first kappa shape index (κ1) is 15.4. The number of benzene rings is 1. The van der Waals surface area contributed by atoms with Gasteiger partial charge in [-0.1, -0.05) is 6.07 Å². The van der Waals surface area contributed by atoms with Gasteiger partial charge in [0.15, 0.2) is 0 Å². The Kier molecular flexibility index (Phi) is 5.58. The zero-order valence-electron chi connectivity index (χ0n) is 10.6. The van der Waals surface area contributed by atoms with Crippen molar-refractivity contribution in [2.45, 2.75) is 12.3 Å². The highest BCUT2D eigenvalue weighted by Crippen LogP contribution is 2.16. The van der Waals surface area contributed by atoms with Gasteiger partial charge in [0.25, 0.3) is 10.2 Å². The van der Waals surface area contributed by atoms with Crippen LogP contribution >= 0.6 is 11.8 Å². The summed E-state index contributed by atoms with van der Waals surface area (Å²) in [5.74, 6) is 0.342. The summed E-state index contributed by atoms with van der Waals surface area (Å²) >= 11 is 1.56. The summed E-state index contributed by atoms with van der Waals surface area (Å²) in [5.41, 5.74) is 1.60. The van der Waals surface area contributed by atoms with Gasteiger partial charge in [-0.05, 0) is 29.5 Å². The van der Waals surface area contributed by atoms with E-state index in [0.29, 0.717) is 5.75 Å². The minimum Gasteiger partial charge on any atom is -0.207 e. The Morgan fingerprint density at radius 2 is 2.00 bits per heavy atom. The van der Waals surface area contributed by atoms with E-state index in [2.05, 4.69) is 4.72 Å². The number of nitrogens with one attached hydrogen (secondary N) is 1. The first-order valence-corrected chi connectivity index (χ1v) is 8.13. The summed E-state index contributed by atoms with van der Waals surface area (Å²) in [4.78, 5) is 0. The van der Waals surface area contributed by atoms with Crippen LogP contribution in [0.15, 0.2) is 18.2 Å². The molecule has 7 heteroatoms. The smallest absolute Gasteiger partial charge is 0.207 e. The van der Waals surface area contributed by atoms with Crippen molar-refractivity contribution in [1.29, 1.82) is 0 Å². The van der Waals surface area contributed by atoms with E-state index in [1.165, 1.54) is 26.2 Å². The maximum Gasteiger partial charge on any atom is 0.279 e. The van der Waals surface area contributed by atoms with Gasteiger partial charge < -0.3 is 0 Å². The molecule has 0 heterocycles. The van der Waals surface area contributed by atoms with Crippen molar-refractivity contribution in [2.75, 3.05) is 20.4 Å². The van der Waals surface area contributed by atoms with E-state index in [0.717, 1.165) is 15.4 Å². The number of halogens is 1. The molecular formula is C11H17FN2O2S2. The lowest BCUT2D eigenvalue weighted by Crippen LogP contribution is -2.35. The Morgan fingerprint density at radius 3 is 2.56 bits per heavy atom. The third-order valence-corrected chi connectivity index (χ3v) is 4.46. The Labute approximate surface area is 112 Å². The van der Waals surface area contributed by atoms with Gasteiger partial charge in [-0.2, -0.15) is 29.2 Å². The maximum absolute atomic E-state index is 13.1.